The second-order valence-electron chi connectivity index (χ2n) is 7.60. The zero-order valence-corrected chi connectivity index (χ0v) is 17.5. The number of benzene rings is 2. The Balaban J connectivity index is 2.02. The molecule has 1 heterocycles. The monoisotopic (exact) mass is 427 g/mol. The highest BCUT2D eigenvalue weighted by atomic mass is 79.9. The van der Waals surface area contributed by atoms with E-state index in [1.807, 2.05) is 22.8 Å². The molecule has 3 rings (SSSR count). The van der Waals surface area contributed by atoms with Gasteiger partial charge >= 0.3 is 5.97 Å². The summed E-state index contributed by atoms with van der Waals surface area (Å²) in [4.78, 5) is 24.2. The number of esters is 1. The van der Waals surface area contributed by atoms with E-state index < -0.39 is 11.8 Å². The van der Waals surface area contributed by atoms with Crippen molar-refractivity contribution in [3.63, 3.8) is 0 Å². The zero-order chi connectivity index (χ0) is 19.8. The number of aromatic nitrogens is 1. The summed E-state index contributed by atoms with van der Waals surface area (Å²) in [5.41, 5.74) is 3.74. The molecule has 0 amide bonds. The molecular weight excluding hydrogens is 406 g/mol. The smallest absolute Gasteiger partial charge is 0.379 e. The minimum absolute atomic E-state index is 0.102. The standard InChI is InChI=1S/C22H22BrNO3/c1-22(2,3)15-7-5-14(6-8-15)12-24-13-18(20(25)21(26)27-4)17-11-16(23)9-10-19(17)24/h5-11,13H,12H2,1-4H3. The Hall–Kier alpha value is -2.40. The van der Waals surface area contributed by atoms with Gasteiger partial charge in [0.2, 0.25) is 0 Å². The van der Waals surface area contributed by atoms with Crippen molar-refractivity contribution in [3.8, 4) is 0 Å². The van der Waals surface area contributed by atoms with Crippen LogP contribution in [0.4, 0.5) is 0 Å². The van der Waals surface area contributed by atoms with E-state index in [9.17, 15) is 9.59 Å². The number of ketones is 1. The predicted octanol–water partition coefficient (Wildman–Crippen LogP) is 5.11. The van der Waals surface area contributed by atoms with Crippen LogP contribution in [-0.2, 0) is 21.5 Å². The van der Waals surface area contributed by atoms with E-state index in [0.717, 1.165) is 20.9 Å². The van der Waals surface area contributed by atoms with Crippen LogP contribution in [0.25, 0.3) is 10.9 Å². The van der Waals surface area contributed by atoms with Gasteiger partial charge in [0.25, 0.3) is 5.78 Å². The van der Waals surface area contributed by atoms with Gasteiger partial charge < -0.3 is 9.30 Å². The molecule has 3 aromatic rings. The molecule has 2 aromatic carbocycles. The number of fused-ring (bicyclic) bond motifs is 1. The van der Waals surface area contributed by atoms with E-state index >= 15 is 0 Å². The van der Waals surface area contributed by atoms with Crippen molar-refractivity contribution >= 4 is 38.6 Å². The SMILES string of the molecule is COC(=O)C(=O)c1cn(Cc2ccc(C(C)(C)C)cc2)c2ccc(Br)cc12. The summed E-state index contributed by atoms with van der Waals surface area (Å²) in [5.74, 6) is -1.49. The largest absolute Gasteiger partial charge is 0.463 e. The van der Waals surface area contributed by atoms with Gasteiger partial charge in [-0.05, 0) is 34.7 Å². The second-order valence-corrected chi connectivity index (χ2v) is 8.52. The summed E-state index contributed by atoms with van der Waals surface area (Å²) in [6.07, 6.45) is 1.73. The molecule has 0 spiro atoms. The first-order valence-corrected chi connectivity index (χ1v) is 9.50. The van der Waals surface area contributed by atoms with Gasteiger partial charge in [0.1, 0.15) is 0 Å². The maximum Gasteiger partial charge on any atom is 0.379 e. The average molecular weight is 428 g/mol. The Bertz CT molecular complexity index is 1010. The van der Waals surface area contributed by atoms with Gasteiger partial charge in [0.15, 0.2) is 0 Å². The van der Waals surface area contributed by atoms with Crippen molar-refractivity contribution in [1.82, 2.24) is 4.57 Å². The summed E-state index contributed by atoms with van der Waals surface area (Å²) in [5, 5.41) is 0.728. The van der Waals surface area contributed by atoms with Crippen LogP contribution in [0.15, 0.2) is 53.1 Å². The Morgan fingerprint density at radius 1 is 1.07 bits per heavy atom. The highest BCUT2D eigenvalue weighted by Gasteiger charge is 2.22. The van der Waals surface area contributed by atoms with E-state index in [-0.39, 0.29) is 5.41 Å². The molecule has 0 aliphatic heterocycles. The molecule has 140 valence electrons. The Kier molecular flexibility index (Phi) is 5.24. The summed E-state index contributed by atoms with van der Waals surface area (Å²) >= 11 is 3.44. The van der Waals surface area contributed by atoms with E-state index in [0.29, 0.717) is 12.1 Å². The summed E-state index contributed by atoms with van der Waals surface area (Å²) in [6.45, 7) is 7.16. The minimum Gasteiger partial charge on any atom is -0.463 e. The fourth-order valence-corrected chi connectivity index (χ4v) is 3.45. The topological polar surface area (TPSA) is 48.3 Å². The number of methoxy groups -OCH3 is 1. The summed E-state index contributed by atoms with van der Waals surface area (Å²) < 4.78 is 7.45. The normalized spacial score (nSPS) is 11.6. The molecule has 27 heavy (non-hydrogen) atoms. The number of hydrogen-bond acceptors (Lipinski definition) is 3. The molecule has 0 bridgehead atoms. The fraction of sp³-hybridized carbons (Fsp3) is 0.273. The first-order valence-electron chi connectivity index (χ1n) is 8.71. The number of halogens is 1. The van der Waals surface area contributed by atoms with Gasteiger partial charge in [-0.15, -0.1) is 0 Å². The van der Waals surface area contributed by atoms with Gasteiger partial charge in [-0.25, -0.2) is 4.79 Å². The van der Waals surface area contributed by atoms with Crippen LogP contribution in [0.1, 0.15) is 42.3 Å². The van der Waals surface area contributed by atoms with Crippen LogP contribution in [0.2, 0.25) is 0 Å². The number of carbonyl (C=O) groups excluding carboxylic acids is 2. The van der Waals surface area contributed by atoms with Crippen LogP contribution in [0, 0.1) is 0 Å². The molecule has 1 aromatic heterocycles. The number of Topliss-reactive ketones (excluding diaryl/α,β-unsaturated/α-hetero) is 1. The molecule has 0 fully saturated rings. The lowest BCUT2D eigenvalue weighted by Crippen LogP contribution is -2.15. The van der Waals surface area contributed by atoms with Crippen LogP contribution in [0.3, 0.4) is 0 Å². The highest BCUT2D eigenvalue weighted by molar-refractivity contribution is 9.10. The third-order valence-electron chi connectivity index (χ3n) is 4.63. The molecule has 0 N–H and O–H groups in total. The predicted molar refractivity (Wildman–Crippen MR) is 110 cm³/mol. The van der Waals surface area contributed by atoms with Crippen molar-refractivity contribution in [2.45, 2.75) is 32.7 Å². The van der Waals surface area contributed by atoms with Crippen LogP contribution >= 0.6 is 15.9 Å². The molecule has 0 aliphatic rings. The average Bonchev–Trinajstić information content (AvgIpc) is 2.97. The molecule has 0 saturated heterocycles. The summed E-state index contributed by atoms with van der Waals surface area (Å²) in [6, 6.07) is 14.2. The molecule has 4 nitrogen and oxygen atoms in total. The van der Waals surface area contributed by atoms with Crippen molar-refractivity contribution in [2.75, 3.05) is 7.11 Å². The van der Waals surface area contributed by atoms with Gasteiger partial charge in [0.05, 0.1) is 12.7 Å². The lowest BCUT2D eigenvalue weighted by atomic mass is 9.87. The van der Waals surface area contributed by atoms with Crippen molar-refractivity contribution < 1.29 is 14.3 Å². The van der Waals surface area contributed by atoms with Gasteiger partial charge in [-0.1, -0.05) is 61.0 Å². The molecule has 0 unspecified atom stereocenters. The van der Waals surface area contributed by atoms with Gasteiger partial charge in [-0.2, -0.15) is 0 Å². The maximum absolute atomic E-state index is 12.4. The van der Waals surface area contributed by atoms with Gasteiger partial charge in [0, 0.05) is 28.1 Å². The van der Waals surface area contributed by atoms with Crippen LogP contribution < -0.4 is 0 Å². The van der Waals surface area contributed by atoms with E-state index in [1.165, 1.54) is 12.7 Å². The molecule has 0 aliphatic carbocycles. The lowest BCUT2D eigenvalue weighted by molar-refractivity contribution is -0.135. The van der Waals surface area contributed by atoms with Crippen LogP contribution in [0.5, 0.6) is 0 Å². The Morgan fingerprint density at radius 3 is 2.33 bits per heavy atom. The molecule has 0 saturated carbocycles. The third kappa shape index (κ3) is 3.98. The van der Waals surface area contributed by atoms with Crippen molar-refractivity contribution in [2.24, 2.45) is 0 Å². The van der Waals surface area contributed by atoms with Crippen LogP contribution in [-0.4, -0.2) is 23.4 Å². The molecule has 5 heteroatoms. The Morgan fingerprint density at radius 2 is 1.74 bits per heavy atom. The third-order valence-corrected chi connectivity index (χ3v) is 5.12. The number of hydrogen-bond donors (Lipinski definition) is 0. The quantitative estimate of drug-likeness (QED) is 0.330. The highest BCUT2D eigenvalue weighted by Crippen LogP contribution is 2.27. The molecule has 0 atom stereocenters. The van der Waals surface area contributed by atoms with Crippen molar-refractivity contribution in [3.05, 3.63) is 69.8 Å². The second kappa shape index (κ2) is 7.31. The zero-order valence-electron chi connectivity index (χ0n) is 15.9. The first kappa shape index (κ1) is 19.4. The minimum atomic E-state index is -0.858. The van der Waals surface area contributed by atoms with E-state index in [1.54, 1.807) is 6.20 Å². The van der Waals surface area contributed by atoms with Crippen molar-refractivity contribution in [1.29, 1.82) is 0 Å². The van der Waals surface area contributed by atoms with E-state index in [2.05, 4.69) is 65.7 Å². The molecular formula is C22H22BrNO3. The number of rotatable bonds is 4. The van der Waals surface area contributed by atoms with E-state index in [4.69, 9.17) is 0 Å². The lowest BCUT2D eigenvalue weighted by Gasteiger charge is -2.19. The Labute approximate surface area is 167 Å². The molecule has 0 radical (unpaired) electrons. The summed E-state index contributed by atoms with van der Waals surface area (Å²) in [7, 11) is 1.21. The van der Waals surface area contributed by atoms with Gasteiger partial charge in [-0.3, -0.25) is 4.79 Å². The fourth-order valence-electron chi connectivity index (χ4n) is 3.09. The number of nitrogens with zero attached hydrogens (tertiary/aromatic N) is 1. The first-order chi connectivity index (χ1) is 12.7. The number of ether oxygens (including phenoxy) is 1. The maximum atomic E-state index is 12.4. The number of carbonyl (C=O) groups is 2.